The van der Waals surface area contributed by atoms with E-state index in [2.05, 4.69) is 201 Å². The topological polar surface area (TPSA) is 3.24 Å². The summed E-state index contributed by atoms with van der Waals surface area (Å²) in [6.45, 7) is 12.6. The Morgan fingerprint density at radius 2 is 1.18 bits per heavy atom. The maximum Gasteiger partial charge on any atom is 0.0714 e. The van der Waals surface area contributed by atoms with Crippen LogP contribution in [0.2, 0.25) is 0 Å². The van der Waals surface area contributed by atoms with Gasteiger partial charge in [0.25, 0.3) is 0 Å². The summed E-state index contributed by atoms with van der Waals surface area (Å²) in [7, 11) is 0. The summed E-state index contributed by atoms with van der Waals surface area (Å²) < 4.78 is 0. The van der Waals surface area contributed by atoms with Crippen molar-refractivity contribution in [3.63, 3.8) is 0 Å². The van der Waals surface area contributed by atoms with Gasteiger partial charge in [0.15, 0.2) is 0 Å². The van der Waals surface area contributed by atoms with Gasteiger partial charge < -0.3 is 4.90 Å². The lowest BCUT2D eigenvalue weighted by Crippen LogP contribution is -2.28. The van der Waals surface area contributed by atoms with Gasteiger partial charge in [-0.3, -0.25) is 0 Å². The van der Waals surface area contributed by atoms with Crippen molar-refractivity contribution in [3.8, 4) is 22.3 Å². The van der Waals surface area contributed by atoms with Gasteiger partial charge in [-0.05, 0) is 88.2 Å². The average Bonchev–Trinajstić information content (AvgIpc) is 3.48. The van der Waals surface area contributed by atoms with Crippen molar-refractivity contribution >= 4 is 11.4 Å². The molecule has 0 saturated heterocycles. The normalized spacial score (nSPS) is 13.5. The first-order valence-corrected chi connectivity index (χ1v) is 17.2. The summed E-state index contributed by atoms with van der Waals surface area (Å²) in [5.74, 6) is 0. The van der Waals surface area contributed by atoms with E-state index in [1.54, 1.807) is 6.08 Å². The standard InChI is InChI=1S/C49H41N/c1-5-7-20-38(6-2)36(3)35-37(4)50(43-33-31-40(32-34-43)39-21-11-8-12-22-39)47-30-19-29-46-48(47)44-27-17-18-28-45(44)49(46,41-23-13-9-14-24-41)42-25-15-10-16-26-42/h5-35H,1,3H2,2,4H3. The van der Waals surface area contributed by atoms with Crippen LogP contribution in [0.5, 0.6) is 0 Å². The van der Waals surface area contributed by atoms with Crippen molar-refractivity contribution in [1.29, 1.82) is 0 Å². The Labute approximate surface area is 297 Å². The van der Waals surface area contributed by atoms with E-state index in [1.165, 1.54) is 44.5 Å². The van der Waals surface area contributed by atoms with E-state index in [4.69, 9.17) is 0 Å². The number of fused-ring (bicyclic) bond motifs is 3. The zero-order valence-corrected chi connectivity index (χ0v) is 28.8. The van der Waals surface area contributed by atoms with E-state index in [0.717, 1.165) is 28.2 Å². The number of benzene rings is 6. The molecule has 0 unspecified atom stereocenters. The SMILES string of the molecule is C=CC=CC(=CC)C(=C)C=C(C)N(c1ccc(-c2ccccc2)cc1)c1cccc2c1-c1ccccc1C2(c1ccccc1)c1ccccc1. The van der Waals surface area contributed by atoms with Gasteiger partial charge in [-0.25, -0.2) is 0 Å². The largest absolute Gasteiger partial charge is 0.314 e. The number of hydrogen-bond donors (Lipinski definition) is 0. The summed E-state index contributed by atoms with van der Waals surface area (Å²) >= 11 is 0. The highest BCUT2D eigenvalue weighted by Gasteiger charge is 2.47. The summed E-state index contributed by atoms with van der Waals surface area (Å²) in [5, 5.41) is 0. The third-order valence-electron chi connectivity index (χ3n) is 9.76. The Kier molecular flexibility index (Phi) is 9.14. The van der Waals surface area contributed by atoms with Crippen LogP contribution in [-0.2, 0) is 5.41 Å². The molecule has 0 spiro atoms. The molecule has 0 aromatic heterocycles. The fourth-order valence-electron chi connectivity index (χ4n) is 7.59. The molecule has 242 valence electrons. The second-order valence-corrected chi connectivity index (χ2v) is 12.6. The fourth-order valence-corrected chi connectivity index (χ4v) is 7.59. The highest BCUT2D eigenvalue weighted by Crippen LogP contribution is 2.59. The minimum atomic E-state index is -0.484. The molecule has 0 N–H and O–H groups in total. The molecule has 6 aromatic carbocycles. The molecule has 0 amide bonds. The lowest BCUT2D eigenvalue weighted by Gasteiger charge is -2.34. The zero-order chi connectivity index (χ0) is 34.5. The molecule has 7 rings (SSSR count). The molecule has 0 bridgehead atoms. The molecular weight excluding hydrogens is 603 g/mol. The molecular formula is C49H41N. The van der Waals surface area contributed by atoms with Crippen molar-refractivity contribution < 1.29 is 0 Å². The van der Waals surface area contributed by atoms with Crippen molar-refractivity contribution in [2.45, 2.75) is 19.3 Å². The van der Waals surface area contributed by atoms with Crippen LogP contribution in [-0.4, -0.2) is 0 Å². The van der Waals surface area contributed by atoms with Crippen molar-refractivity contribution in [1.82, 2.24) is 0 Å². The van der Waals surface area contributed by atoms with Crippen LogP contribution in [0.25, 0.3) is 22.3 Å². The van der Waals surface area contributed by atoms with E-state index >= 15 is 0 Å². The first kappa shape index (κ1) is 32.4. The molecule has 1 heteroatoms. The van der Waals surface area contributed by atoms with E-state index in [9.17, 15) is 0 Å². The van der Waals surface area contributed by atoms with Gasteiger partial charge in [0.05, 0.1) is 11.1 Å². The molecule has 0 aliphatic heterocycles. The molecule has 0 atom stereocenters. The van der Waals surface area contributed by atoms with Crippen molar-refractivity contribution in [3.05, 3.63) is 240 Å². The first-order chi connectivity index (χ1) is 24.6. The Hall–Kier alpha value is -6.18. The second-order valence-electron chi connectivity index (χ2n) is 12.6. The first-order valence-electron chi connectivity index (χ1n) is 17.2. The maximum atomic E-state index is 4.50. The molecule has 0 radical (unpaired) electrons. The third kappa shape index (κ3) is 5.67. The van der Waals surface area contributed by atoms with E-state index in [-0.39, 0.29) is 0 Å². The van der Waals surface area contributed by atoms with E-state index < -0.39 is 5.41 Å². The predicted octanol–water partition coefficient (Wildman–Crippen LogP) is 13.0. The monoisotopic (exact) mass is 643 g/mol. The number of anilines is 2. The predicted molar refractivity (Wildman–Crippen MR) is 214 cm³/mol. The number of hydrogen-bond acceptors (Lipinski definition) is 1. The molecule has 50 heavy (non-hydrogen) atoms. The van der Waals surface area contributed by atoms with Crippen LogP contribution < -0.4 is 4.90 Å². The summed E-state index contributed by atoms with van der Waals surface area (Å²) in [6, 6.07) is 57.1. The van der Waals surface area contributed by atoms with Crippen molar-refractivity contribution in [2.24, 2.45) is 0 Å². The van der Waals surface area contributed by atoms with Gasteiger partial charge in [0.1, 0.15) is 0 Å². The molecule has 0 fully saturated rings. The molecule has 1 aliphatic rings. The fraction of sp³-hybridized carbons (Fsp3) is 0.0612. The van der Waals surface area contributed by atoms with Crippen molar-refractivity contribution in [2.75, 3.05) is 4.90 Å². The highest BCUT2D eigenvalue weighted by molar-refractivity contribution is 5.96. The summed E-state index contributed by atoms with van der Waals surface area (Å²) in [6.07, 6.45) is 10.1. The zero-order valence-electron chi connectivity index (χ0n) is 28.8. The minimum absolute atomic E-state index is 0.484. The third-order valence-corrected chi connectivity index (χ3v) is 9.76. The number of rotatable bonds is 10. The van der Waals surface area contributed by atoms with Crippen LogP contribution in [0.3, 0.4) is 0 Å². The molecule has 0 heterocycles. The lowest BCUT2D eigenvalue weighted by atomic mass is 9.68. The average molecular weight is 644 g/mol. The van der Waals surface area contributed by atoms with Gasteiger partial charge in [-0.1, -0.05) is 177 Å². The molecule has 1 aliphatic carbocycles. The van der Waals surface area contributed by atoms with Gasteiger partial charge in [-0.2, -0.15) is 0 Å². The lowest BCUT2D eigenvalue weighted by molar-refractivity contribution is 0.768. The van der Waals surface area contributed by atoms with Gasteiger partial charge >= 0.3 is 0 Å². The van der Waals surface area contributed by atoms with Crippen LogP contribution in [0.1, 0.15) is 36.1 Å². The number of allylic oxidation sites excluding steroid dienone is 8. The summed E-state index contributed by atoms with van der Waals surface area (Å²) in [4.78, 5) is 2.39. The quantitative estimate of drug-likeness (QED) is 0.134. The van der Waals surface area contributed by atoms with E-state index in [0.29, 0.717) is 0 Å². The van der Waals surface area contributed by atoms with Crippen LogP contribution in [0.4, 0.5) is 11.4 Å². The van der Waals surface area contributed by atoms with Crippen LogP contribution in [0, 0.1) is 0 Å². The smallest absolute Gasteiger partial charge is 0.0714 e. The van der Waals surface area contributed by atoms with Gasteiger partial charge in [0.2, 0.25) is 0 Å². The highest BCUT2D eigenvalue weighted by atomic mass is 15.1. The minimum Gasteiger partial charge on any atom is -0.314 e. The Morgan fingerprint density at radius 1 is 0.620 bits per heavy atom. The summed E-state index contributed by atoms with van der Waals surface area (Å²) in [5.41, 5.74) is 14.7. The Bertz CT molecular complexity index is 2190. The number of nitrogens with zero attached hydrogens (tertiary/aromatic N) is 1. The van der Waals surface area contributed by atoms with E-state index in [1.807, 2.05) is 13.0 Å². The molecule has 6 aromatic rings. The molecule has 1 nitrogen and oxygen atoms in total. The second kappa shape index (κ2) is 14.1. The Morgan fingerprint density at radius 3 is 1.80 bits per heavy atom. The maximum absolute atomic E-state index is 4.50. The van der Waals surface area contributed by atoms with Gasteiger partial charge in [0, 0.05) is 16.9 Å². The molecule has 0 saturated carbocycles. The van der Waals surface area contributed by atoms with Gasteiger partial charge in [-0.15, -0.1) is 0 Å². The van der Waals surface area contributed by atoms with Crippen LogP contribution in [0.15, 0.2) is 218 Å². The van der Waals surface area contributed by atoms with Crippen LogP contribution >= 0.6 is 0 Å². The Balaban J connectivity index is 1.49.